The molecule has 0 aliphatic carbocycles. The molecule has 1 aromatic rings. The Morgan fingerprint density at radius 1 is 1.46 bits per heavy atom. The van der Waals surface area contributed by atoms with Crippen molar-refractivity contribution >= 4 is 28.9 Å². The molecule has 0 aromatic carbocycles. The fourth-order valence-electron chi connectivity index (χ4n) is 1.24. The molecule has 0 saturated heterocycles. The van der Waals surface area contributed by atoms with Gasteiger partial charge in [0.2, 0.25) is 0 Å². The number of anilines is 1. The van der Waals surface area contributed by atoms with Gasteiger partial charge in [0.25, 0.3) is 0 Å². The Bertz CT molecular complexity index is 311. The standard InChI is InChI=1S/C9H12Cl2N2/c1-6-5-12-7(4-10)8(11)9(6)13(2)3/h5H,4H2,1-3H3. The van der Waals surface area contributed by atoms with E-state index in [4.69, 9.17) is 23.2 Å². The predicted octanol–water partition coefficient (Wildman–Crippen LogP) is 2.85. The molecule has 0 radical (unpaired) electrons. The van der Waals surface area contributed by atoms with Crippen LogP contribution in [0.15, 0.2) is 6.20 Å². The van der Waals surface area contributed by atoms with Crippen molar-refractivity contribution in [2.75, 3.05) is 19.0 Å². The fraction of sp³-hybridized carbons (Fsp3) is 0.444. The molecule has 0 fully saturated rings. The number of aryl methyl sites for hydroxylation is 1. The number of pyridine rings is 1. The lowest BCUT2D eigenvalue weighted by atomic mass is 10.2. The summed E-state index contributed by atoms with van der Waals surface area (Å²) in [6.07, 6.45) is 1.79. The van der Waals surface area contributed by atoms with Crippen LogP contribution in [0.2, 0.25) is 5.02 Å². The van der Waals surface area contributed by atoms with Crippen molar-refractivity contribution in [1.82, 2.24) is 4.98 Å². The molecular weight excluding hydrogens is 207 g/mol. The van der Waals surface area contributed by atoms with Crippen molar-refractivity contribution in [3.8, 4) is 0 Å². The van der Waals surface area contributed by atoms with Crippen molar-refractivity contribution in [1.29, 1.82) is 0 Å². The Balaban J connectivity index is 3.30. The first kappa shape index (κ1) is 10.6. The highest BCUT2D eigenvalue weighted by molar-refractivity contribution is 6.34. The molecule has 4 heteroatoms. The van der Waals surface area contributed by atoms with E-state index < -0.39 is 0 Å². The Kier molecular flexibility index (Phi) is 3.40. The maximum absolute atomic E-state index is 6.12. The van der Waals surface area contributed by atoms with E-state index in [1.807, 2.05) is 25.9 Å². The largest absolute Gasteiger partial charge is 0.376 e. The minimum atomic E-state index is 0.347. The van der Waals surface area contributed by atoms with E-state index in [1.165, 1.54) is 0 Å². The molecule has 2 nitrogen and oxygen atoms in total. The topological polar surface area (TPSA) is 16.1 Å². The van der Waals surface area contributed by atoms with E-state index in [0.717, 1.165) is 16.9 Å². The van der Waals surface area contributed by atoms with Gasteiger partial charge in [-0.25, -0.2) is 0 Å². The number of hydrogen-bond donors (Lipinski definition) is 0. The van der Waals surface area contributed by atoms with Crippen LogP contribution in [0.3, 0.4) is 0 Å². The molecule has 0 N–H and O–H groups in total. The molecule has 13 heavy (non-hydrogen) atoms. The van der Waals surface area contributed by atoms with Crippen molar-refractivity contribution < 1.29 is 0 Å². The van der Waals surface area contributed by atoms with E-state index in [9.17, 15) is 0 Å². The molecular formula is C9H12Cl2N2. The summed E-state index contributed by atoms with van der Waals surface area (Å²) < 4.78 is 0. The maximum atomic E-state index is 6.12. The second kappa shape index (κ2) is 4.16. The summed E-state index contributed by atoms with van der Waals surface area (Å²) in [6.45, 7) is 1.98. The number of alkyl halides is 1. The number of hydrogen-bond acceptors (Lipinski definition) is 2. The van der Waals surface area contributed by atoms with Crippen molar-refractivity contribution in [2.24, 2.45) is 0 Å². The van der Waals surface area contributed by atoms with Crippen LogP contribution in [0.5, 0.6) is 0 Å². The third kappa shape index (κ3) is 2.06. The van der Waals surface area contributed by atoms with E-state index in [0.29, 0.717) is 10.9 Å². The van der Waals surface area contributed by atoms with Crippen LogP contribution < -0.4 is 4.90 Å². The second-order valence-corrected chi connectivity index (χ2v) is 3.72. The van der Waals surface area contributed by atoms with Crippen LogP contribution in [-0.4, -0.2) is 19.1 Å². The lowest BCUT2D eigenvalue weighted by molar-refractivity contribution is 1.07. The molecule has 0 amide bonds. The molecule has 0 bridgehead atoms. The van der Waals surface area contributed by atoms with Gasteiger partial charge in [0.15, 0.2) is 0 Å². The molecule has 0 spiro atoms. The molecule has 0 atom stereocenters. The van der Waals surface area contributed by atoms with Gasteiger partial charge in [-0.2, -0.15) is 0 Å². The average Bonchev–Trinajstić information content (AvgIpc) is 2.04. The Hall–Kier alpha value is -0.470. The van der Waals surface area contributed by atoms with Gasteiger partial charge in [-0.15, -0.1) is 11.6 Å². The highest BCUT2D eigenvalue weighted by Crippen LogP contribution is 2.30. The van der Waals surface area contributed by atoms with Gasteiger partial charge >= 0.3 is 0 Å². The van der Waals surface area contributed by atoms with Crippen LogP contribution in [0.4, 0.5) is 5.69 Å². The molecule has 72 valence electrons. The molecule has 1 aromatic heterocycles. The Morgan fingerprint density at radius 2 is 2.08 bits per heavy atom. The van der Waals surface area contributed by atoms with Crippen molar-refractivity contribution in [2.45, 2.75) is 12.8 Å². The van der Waals surface area contributed by atoms with Crippen LogP contribution >= 0.6 is 23.2 Å². The highest BCUT2D eigenvalue weighted by atomic mass is 35.5. The Labute approximate surface area is 88.5 Å². The van der Waals surface area contributed by atoms with Gasteiger partial charge in [-0.05, 0) is 12.5 Å². The lowest BCUT2D eigenvalue weighted by Crippen LogP contribution is -2.12. The molecule has 0 aliphatic rings. The summed E-state index contributed by atoms with van der Waals surface area (Å²) >= 11 is 11.8. The zero-order valence-electron chi connectivity index (χ0n) is 7.93. The molecule has 0 unspecified atom stereocenters. The summed E-state index contributed by atoms with van der Waals surface area (Å²) in [5.74, 6) is 0.347. The lowest BCUT2D eigenvalue weighted by Gasteiger charge is -2.18. The SMILES string of the molecule is Cc1cnc(CCl)c(Cl)c1N(C)C. The maximum Gasteiger partial charge on any atom is 0.0869 e. The quantitative estimate of drug-likeness (QED) is 0.711. The minimum Gasteiger partial charge on any atom is -0.376 e. The summed E-state index contributed by atoms with van der Waals surface area (Å²) in [7, 11) is 3.90. The van der Waals surface area contributed by atoms with Crippen LogP contribution in [0.1, 0.15) is 11.3 Å². The van der Waals surface area contributed by atoms with E-state index in [2.05, 4.69) is 4.98 Å². The third-order valence-electron chi connectivity index (χ3n) is 1.82. The number of halogens is 2. The molecule has 1 rings (SSSR count). The second-order valence-electron chi connectivity index (χ2n) is 3.08. The average molecular weight is 219 g/mol. The predicted molar refractivity (Wildman–Crippen MR) is 57.9 cm³/mol. The fourth-order valence-corrected chi connectivity index (χ4v) is 1.95. The summed E-state index contributed by atoms with van der Waals surface area (Å²) in [5.41, 5.74) is 2.79. The summed E-state index contributed by atoms with van der Waals surface area (Å²) in [4.78, 5) is 6.12. The zero-order chi connectivity index (χ0) is 10.0. The van der Waals surface area contributed by atoms with Crippen LogP contribution in [-0.2, 0) is 5.88 Å². The normalized spacial score (nSPS) is 10.2. The highest BCUT2D eigenvalue weighted by Gasteiger charge is 2.11. The summed E-state index contributed by atoms with van der Waals surface area (Å²) in [6, 6.07) is 0. The Morgan fingerprint density at radius 3 is 2.54 bits per heavy atom. The minimum absolute atomic E-state index is 0.347. The van der Waals surface area contributed by atoms with Crippen LogP contribution in [0, 0.1) is 6.92 Å². The molecule has 1 heterocycles. The van der Waals surface area contributed by atoms with Gasteiger partial charge in [-0.3, -0.25) is 4.98 Å². The smallest absolute Gasteiger partial charge is 0.0869 e. The van der Waals surface area contributed by atoms with Gasteiger partial charge < -0.3 is 4.90 Å². The first-order valence-electron chi connectivity index (χ1n) is 3.95. The number of rotatable bonds is 2. The van der Waals surface area contributed by atoms with E-state index in [-0.39, 0.29) is 0 Å². The third-order valence-corrected chi connectivity index (χ3v) is 2.47. The van der Waals surface area contributed by atoms with E-state index in [1.54, 1.807) is 6.20 Å². The molecule has 0 saturated carbocycles. The summed E-state index contributed by atoms with van der Waals surface area (Å²) in [5, 5.41) is 0.653. The van der Waals surface area contributed by atoms with Gasteiger partial charge in [-0.1, -0.05) is 11.6 Å². The van der Waals surface area contributed by atoms with Crippen LogP contribution in [0.25, 0.3) is 0 Å². The van der Waals surface area contributed by atoms with Crippen molar-refractivity contribution in [3.05, 3.63) is 22.5 Å². The monoisotopic (exact) mass is 218 g/mol. The van der Waals surface area contributed by atoms with Crippen molar-refractivity contribution in [3.63, 3.8) is 0 Å². The zero-order valence-corrected chi connectivity index (χ0v) is 9.45. The van der Waals surface area contributed by atoms with Gasteiger partial charge in [0, 0.05) is 20.3 Å². The number of aromatic nitrogens is 1. The van der Waals surface area contributed by atoms with Gasteiger partial charge in [0.1, 0.15) is 0 Å². The number of nitrogens with zero attached hydrogens (tertiary/aromatic N) is 2. The first-order chi connectivity index (χ1) is 6.07. The first-order valence-corrected chi connectivity index (χ1v) is 4.86. The van der Waals surface area contributed by atoms with Gasteiger partial charge in [0.05, 0.1) is 22.3 Å². The van der Waals surface area contributed by atoms with E-state index >= 15 is 0 Å². The molecule has 0 aliphatic heterocycles.